The topological polar surface area (TPSA) is 36.4 Å². The van der Waals surface area contributed by atoms with Crippen LogP contribution in [0.4, 0.5) is 17.2 Å². The number of hydrogen-bond acceptors (Lipinski definition) is 3. The smallest absolute Gasteiger partial charge is 0.259 e. The molecule has 0 aliphatic carbocycles. The molecule has 0 saturated heterocycles. The maximum Gasteiger partial charge on any atom is 0.259 e. The predicted molar refractivity (Wildman–Crippen MR) is 110 cm³/mol. The highest BCUT2D eigenvalue weighted by Crippen LogP contribution is 2.35. The zero-order valence-electron chi connectivity index (χ0n) is 15.7. The van der Waals surface area contributed by atoms with Gasteiger partial charge in [0, 0.05) is 31.2 Å². The largest absolute Gasteiger partial charge is 0.329 e. The van der Waals surface area contributed by atoms with Crippen LogP contribution in [0.25, 0.3) is 0 Å². The molecule has 4 nitrogen and oxygen atoms in total. The Morgan fingerprint density at radius 3 is 2.52 bits per heavy atom. The van der Waals surface area contributed by atoms with Gasteiger partial charge in [0.15, 0.2) is 0 Å². The molecule has 0 N–H and O–H groups in total. The SMILES string of the molecule is CC1CCN(C(=O)c2ccc(N(C)c3ccccc3)nc2)c2ccccc21. The summed E-state index contributed by atoms with van der Waals surface area (Å²) in [5.41, 5.74) is 3.94. The molecule has 1 aliphatic heterocycles. The lowest BCUT2D eigenvalue weighted by atomic mass is 9.91. The van der Waals surface area contributed by atoms with Crippen molar-refractivity contribution in [2.45, 2.75) is 19.3 Å². The molecule has 0 radical (unpaired) electrons. The Kier molecular flexibility index (Phi) is 4.63. The number of carbonyl (C=O) groups is 1. The van der Waals surface area contributed by atoms with Crippen molar-refractivity contribution in [1.82, 2.24) is 4.98 Å². The Morgan fingerprint density at radius 2 is 1.78 bits per heavy atom. The fraction of sp³-hybridized carbons (Fsp3) is 0.217. The Hall–Kier alpha value is -3.14. The summed E-state index contributed by atoms with van der Waals surface area (Å²) in [5, 5.41) is 0. The minimum Gasteiger partial charge on any atom is -0.329 e. The van der Waals surface area contributed by atoms with Crippen molar-refractivity contribution >= 4 is 23.1 Å². The molecule has 0 fully saturated rings. The average molecular weight is 357 g/mol. The van der Waals surface area contributed by atoms with Crippen LogP contribution in [0.15, 0.2) is 72.9 Å². The summed E-state index contributed by atoms with van der Waals surface area (Å²) in [7, 11) is 1.97. The second kappa shape index (κ2) is 7.23. The van der Waals surface area contributed by atoms with Gasteiger partial charge in [-0.2, -0.15) is 0 Å². The number of carbonyl (C=O) groups excluding carboxylic acids is 1. The summed E-state index contributed by atoms with van der Waals surface area (Å²) in [6, 6.07) is 22.0. The van der Waals surface area contributed by atoms with Gasteiger partial charge in [-0.3, -0.25) is 4.79 Å². The summed E-state index contributed by atoms with van der Waals surface area (Å²) in [4.78, 5) is 21.5. The highest BCUT2D eigenvalue weighted by molar-refractivity contribution is 6.06. The first-order valence-electron chi connectivity index (χ1n) is 9.31. The van der Waals surface area contributed by atoms with Crippen LogP contribution in [0.1, 0.15) is 35.2 Å². The summed E-state index contributed by atoms with van der Waals surface area (Å²) in [5.74, 6) is 1.30. The molecule has 3 aromatic rings. The first kappa shape index (κ1) is 17.3. The molecule has 2 heterocycles. The molecule has 0 saturated carbocycles. The molecular formula is C23H23N3O. The molecule has 1 atom stereocenters. The van der Waals surface area contributed by atoms with E-state index >= 15 is 0 Å². The van der Waals surface area contributed by atoms with Crippen LogP contribution in [0.3, 0.4) is 0 Å². The van der Waals surface area contributed by atoms with E-state index < -0.39 is 0 Å². The van der Waals surface area contributed by atoms with Gasteiger partial charge < -0.3 is 9.80 Å². The van der Waals surface area contributed by atoms with Crippen molar-refractivity contribution in [1.29, 1.82) is 0 Å². The van der Waals surface area contributed by atoms with E-state index in [1.54, 1.807) is 6.20 Å². The molecule has 1 amide bonds. The van der Waals surface area contributed by atoms with Crippen molar-refractivity contribution in [2.24, 2.45) is 0 Å². The number of amides is 1. The number of fused-ring (bicyclic) bond motifs is 1. The standard InChI is InChI=1S/C23H23N3O/c1-17-14-15-26(21-11-7-6-10-20(17)21)23(27)18-12-13-22(24-16-18)25(2)19-8-4-3-5-9-19/h3-13,16-17H,14-15H2,1-2H3. The summed E-state index contributed by atoms with van der Waals surface area (Å²) >= 11 is 0. The zero-order valence-corrected chi connectivity index (χ0v) is 15.7. The van der Waals surface area contributed by atoms with Gasteiger partial charge in [0.05, 0.1) is 5.56 Å². The van der Waals surface area contributed by atoms with Crippen molar-refractivity contribution < 1.29 is 4.79 Å². The predicted octanol–water partition coefficient (Wildman–Crippen LogP) is 5.00. The van der Waals surface area contributed by atoms with Gasteiger partial charge in [-0.05, 0) is 48.2 Å². The third kappa shape index (κ3) is 3.31. The van der Waals surface area contributed by atoms with Gasteiger partial charge in [-0.25, -0.2) is 4.98 Å². The Bertz CT molecular complexity index is 937. The van der Waals surface area contributed by atoms with E-state index in [0.717, 1.165) is 30.2 Å². The van der Waals surface area contributed by atoms with Crippen LogP contribution in [0.5, 0.6) is 0 Å². The number of para-hydroxylation sites is 2. The minimum absolute atomic E-state index is 0.00997. The van der Waals surface area contributed by atoms with Gasteiger partial charge in [0.2, 0.25) is 0 Å². The normalized spacial score (nSPS) is 15.9. The van der Waals surface area contributed by atoms with Crippen LogP contribution < -0.4 is 9.80 Å². The van der Waals surface area contributed by atoms with E-state index in [0.29, 0.717) is 11.5 Å². The Morgan fingerprint density at radius 1 is 1.04 bits per heavy atom. The van der Waals surface area contributed by atoms with Crippen LogP contribution in [-0.2, 0) is 0 Å². The minimum atomic E-state index is 0.00997. The number of pyridine rings is 1. The maximum absolute atomic E-state index is 13.1. The fourth-order valence-corrected chi connectivity index (χ4v) is 3.61. The maximum atomic E-state index is 13.1. The second-order valence-electron chi connectivity index (χ2n) is 7.00. The number of nitrogens with zero attached hydrogens (tertiary/aromatic N) is 3. The van der Waals surface area contributed by atoms with Gasteiger partial charge in [0.1, 0.15) is 5.82 Å². The molecule has 136 valence electrons. The lowest BCUT2D eigenvalue weighted by molar-refractivity contribution is 0.0984. The van der Waals surface area contributed by atoms with E-state index in [1.165, 1.54) is 5.56 Å². The van der Waals surface area contributed by atoms with Gasteiger partial charge in [0.25, 0.3) is 5.91 Å². The van der Waals surface area contributed by atoms with Crippen molar-refractivity contribution in [3.8, 4) is 0 Å². The first-order chi connectivity index (χ1) is 13.1. The van der Waals surface area contributed by atoms with Gasteiger partial charge in [-0.15, -0.1) is 0 Å². The molecule has 4 rings (SSSR count). The number of anilines is 3. The van der Waals surface area contributed by atoms with Crippen molar-refractivity contribution in [3.63, 3.8) is 0 Å². The fourth-order valence-electron chi connectivity index (χ4n) is 3.61. The highest BCUT2D eigenvalue weighted by atomic mass is 16.2. The Labute approximate surface area is 160 Å². The van der Waals surface area contributed by atoms with Crippen LogP contribution >= 0.6 is 0 Å². The van der Waals surface area contributed by atoms with E-state index in [-0.39, 0.29) is 5.91 Å². The lowest BCUT2D eigenvalue weighted by Crippen LogP contribution is -2.36. The molecule has 1 aromatic heterocycles. The van der Waals surface area contributed by atoms with Gasteiger partial charge >= 0.3 is 0 Å². The number of rotatable bonds is 3. The van der Waals surface area contributed by atoms with E-state index in [2.05, 4.69) is 18.0 Å². The van der Waals surface area contributed by atoms with Crippen LogP contribution in [0, 0.1) is 0 Å². The van der Waals surface area contributed by atoms with Crippen LogP contribution in [0.2, 0.25) is 0 Å². The van der Waals surface area contributed by atoms with Crippen LogP contribution in [-0.4, -0.2) is 24.5 Å². The number of hydrogen-bond donors (Lipinski definition) is 0. The monoisotopic (exact) mass is 357 g/mol. The third-order valence-electron chi connectivity index (χ3n) is 5.27. The summed E-state index contributed by atoms with van der Waals surface area (Å²) in [6.45, 7) is 2.96. The van der Waals surface area contributed by atoms with E-state index in [9.17, 15) is 4.79 Å². The number of benzene rings is 2. The van der Waals surface area contributed by atoms with Crippen molar-refractivity contribution in [2.75, 3.05) is 23.4 Å². The van der Waals surface area contributed by atoms with E-state index in [4.69, 9.17) is 0 Å². The molecule has 2 aromatic carbocycles. The molecule has 27 heavy (non-hydrogen) atoms. The molecular weight excluding hydrogens is 334 g/mol. The summed E-state index contributed by atoms with van der Waals surface area (Å²) < 4.78 is 0. The number of aromatic nitrogens is 1. The molecule has 4 heteroatoms. The Balaban J connectivity index is 1.58. The van der Waals surface area contributed by atoms with Crippen molar-refractivity contribution in [3.05, 3.63) is 84.1 Å². The lowest BCUT2D eigenvalue weighted by Gasteiger charge is -2.33. The van der Waals surface area contributed by atoms with E-state index in [1.807, 2.05) is 77.5 Å². The molecule has 1 aliphatic rings. The first-order valence-corrected chi connectivity index (χ1v) is 9.31. The second-order valence-corrected chi connectivity index (χ2v) is 7.00. The summed E-state index contributed by atoms with van der Waals surface area (Å²) in [6.07, 6.45) is 2.66. The molecule has 0 spiro atoms. The highest BCUT2D eigenvalue weighted by Gasteiger charge is 2.27. The zero-order chi connectivity index (χ0) is 18.8. The third-order valence-corrected chi connectivity index (χ3v) is 5.27. The molecule has 1 unspecified atom stereocenters. The quantitative estimate of drug-likeness (QED) is 0.661. The molecule has 0 bridgehead atoms. The van der Waals surface area contributed by atoms with Gasteiger partial charge in [-0.1, -0.05) is 43.3 Å². The average Bonchev–Trinajstić information content (AvgIpc) is 2.74.